The van der Waals surface area contributed by atoms with E-state index in [0.717, 1.165) is 12.2 Å². The van der Waals surface area contributed by atoms with E-state index in [0.29, 0.717) is 24.2 Å². The van der Waals surface area contributed by atoms with Gasteiger partial charge in [0, 0.05) is 31.3 Å². The molecule has 0 unspecified atom stereocenters. The van der Waals surface area contributed by atoms with Crippen molar-refractivity contribution in [3.05, 3.63) is 35.9 Å². The Balaban J connectivity index is 1.56. The molecular formula is C18H25N3O4. The number of nitrogens with zero attached hydrogens (tertiary/aromatic N) is 3. The Morgan fingerprint density at radius 2 is 2.20 bits per heavy atom. The first-order valence-electron chi connectivity index (χ1n) is 8.55. The van der Waals surface area contributed by atoms with Crippen molar-refractivity contribution >= 4 is 6.09 Å². The number of carbonyl (C=O) groups is 1. The molecule has 0 radical (unpaired) electrons. The number of hydrogen-bond donors (Lipinski definition) is 0. The highest BCUT2D eigenvalue weighted by Gasteiger charge is 2.45. The van der Waals surface area contributed by atoms with E-state index in [4.69, 9.17) is 13.7 Å². The smallest absolute Gasteiger partial charge is 0.410 e. The molecule has 3 rings (SSSR count). The van der Waals surface area contributed by atoms with E-state index < -0.39 is 5.60 Å². The van der Waals surface area contributed by atoms with Crippen LogP contribution in [0.25, 0.3) is 0 Å². The Kier molecular flexibility index (Phi) is 4.58. The number of hydrogen-bond acceptors (Lipinski definition) is 6. The van der Waals surface area contributed by atoms with Gasteiger partial charge in [0.05, 0.1) is 6.26 Å². The molecule has 0 bridgehead atoms. The minimum Gasteiger partial charge on any atom is -0.469 e. The van der Waals surface area contributed by atoms with Crippen LogP contribution in [-0.4, -0.2) is 40.3 Å². The molecule has 2 aromatic rings. The van der Waals surface area contributed by atoms with Gasteiger partial charge in [0.25, 0.3) is 0 Å². The quantitative estimate of drug-likeness (QED) is 0.816. The second kappa shape index (κ2) is 6.54. The Hall–Kier alpha value is -2.31. The third kappa shape index (κ3) is 4.21. The maximum absolute atomic E-state index is 12.1. The molecular weight excluding hydrogens is 322 g/mol. The number of aromatic nitrogens is 2. The summed E-state index contributed by atoms with van der Waals surface area (Å²) in [6, 6.07) is 3.86. The second-order valence-electron chi connectivity index (χ2n) is 7.72. The van der Waals surface area contributed by atoms with Gasteiger partial charge in [-0.25, -0.2) is 4.79 Å². The van der Waals surface area contributed by atoms with Crippen LogP contribution < -0.4 is 0 Å². The summed E-state index contributed by atoms with van der Waals surface area (Å²) in [5.41, 5.74) is -0.513. The highest BCUT2D eigenvalue weighted by molar-refractivity contribution is 5.67. The number of amides is 1. The Morgan fingerprint density at radius 3 is 2.84 bits per heavy atom. The standard InChI is InChI=1S/C18H25N3O4/c1-11(10-21(5)17(22)24-18(2,3)4)15-19-16(25-20-15)13-9-12(13)14-7-6-8-23-14/h6-8,11-13H,9-10H2,1-5H3/t11-,12-,13+/m1/s1. The number of likely N-dealkylation sites (N-methyl/N-ethyl adjacent to an activating group) is 1. The first-order chi connectivity index (χ1) is 11.7. The lowest BCUT2D eigenvalue weighted by molar-refractivity contribution is 0.0289. The highest BCUT2D eigenvalue weighted by atomic mass is 16.6. The predicted octanol–water partition coefficient (Wildman–Crippen LogP) is 3.90. The van der Waals surface area contributed by atoms with Crippen molar-refractivity contribution in [3.8, 4) is 0 Å². The van der Waals surface area contributed by atoms with E-state index in [-0.39, 0.29) is 17.9 Å². The van der Waals surface area contributed by atoms with Crippen molar-refractivity contribution in [2.24, 2.45) is 0 Å². The van der Waals surface area contributed by atoms with Crippen LogP contribution in [0, 0.1) is 0 Å². The zero-order valence-electron chi connectivity index (χ0n) is 15.4. The molecule has 0 N–H and O–H groups in total. The van der Waals surface area contributed by atoms with Crippen LogP contribution >= 0.6 is 0 Å². The van der Waals surface area contributed by atoms with Crippen LogP contribution in [0.4, 0.5) is 4.79 Å². The van der Waals surface area contributed by atoms with E-state index in [1.165, 1.54) is 4.90 Å². The van der Waals surface area contributed by atoms with E-state index in [9.17, 15) is 4.79 Å². The average molecular weight is 347 g/mol. The lowest BCUT2D eigenvalue weighted by Gasteiger charge is -2.25. The van der Waals surface area contributed by atoms with Crippen LogP contribution in [0.15, 0.2) is 27.3 Å². The van der Waals surface area contributed by atoms with Gasteiger partial charge >= 0.3 is 6.09 Å². The SMILES string of the molecule is C[C@H](CN(C)C(=O)OC(C)(C)C)c1noc([C@H]2C[C@H]2c2ccco2)n1. The van der Waals surface area contributed by atoms with Crippen LogP contribution in [0.5, 0.6) is 0 Å². The van der Waals surface area contributed by atoms with E-state index in [1.807, 2.05) is 39.8 Å². The van der Waals surface area contributed by atoms with E-state index in [1.54, 1.807) is 13.3 Å². The lowest BCUT2D eigenvalue weighted by atomic mass is 10.1. The van der Waals surface area contributed by atoms with Crippen molar-refractivity contribution in [2.75, 3.05) is 13.6 Å². The summed E-state index contributed by atoms with van der Waals surface area (Å²) in [4.78, 5) is 18.1. The van der Waals surface area contributed by atoms with Crippen LogP contribution in [0.2, 0.25) is 0 Å². The topological polar surface area (TPSA) is 81.6 Å². The summed E-state index contributed by atoms with van der Waals surface area (Å²) in [5.74, 6) is 2.71. The molecule has 2 heterocycles. The van der Waals surface area contributed by atoms with Gasteiger partial charge in [-0.3, -0.25) is 0 Å². The lowest BCUT2D eigenvalue weighted by Crippen LogP contribution is -2.36. The molecule has 25 heavy (non-hydrogen) atoms. The average Bonchev–Trinajstić information content (AvgIpc) is 2.96. The monoisotopic (exact) mass is 347 g/mol. The van der Waals surface area contributed by atoms with E-state index in [2.05, 4.69) is 10.1 Å². The Bertz CT molecular complexity index is 717. The molecule has 1 fully saturated rings. The second-order valence-corrected chi connectivity index (χ2v) is 7.72. The summed E-state index contributed by atoms with van der Waals surface area (Å²) in [7, 11) is 1.71. The Labute approximate surface area is 147 Å². The molecule has 1 aliphatic carbocycles. The molecule has 2 aromatic heterocycles. The minimum atomic E-state index is -0.513. The van der Waals surface area contributed by atoms with Gasteiger partial charge in [0.1, 0.15) is 11.4 Å². The summed E-state index contributed by atoms with van der Waals surface area (Å²) < 4.78 is 16.2. The molecule has 3 atom stereocenters. The first kappa shape index (κ1) is 17.5. The van der Waals surface area contributed by atoms with Gasteiger partial charge in [0.2, 0.25) is 5.89 Å². The molecule has 7 heteroatoms. The molecule has 0 saturated heterocycles. The molecule has 0 spiro atoms. The normalized spacial score (nSPS) is 21.0. The predicted molar refractivity (Wildman–Crippen MR) is 90.4 cm³/mol. The Morgan fingerprint density at radius 1 is 1.44 bits per heavy atom. The van der Waals surface area contributed by atoms with Crippen molar-refractivity contribution in [2.45, 2.75) is 57.5 Å². The summed E-state index contributed by atoms with van der Waals surface area (Å²) in [6.07, 6.45) is 2.28. The molecule has 136 valence electrons. The maximum Gasteiger partial charge on any atom is 0.410 e. The largest absolute Gasteiger partial charge is 0.469 e. The molecule has 7 nitrogen and oxygen atoms in total. The van der Waals surface area contributed by atoms with Crippen molar-refractivity contribution in [1.82, 2.24) is 15.0 Å². The van der Waals surface area contributed by atoms with Crippen molar-refractivity contribution < 1.29 is 18.5 Å². The zero-order chi connectivity index (χ0) is 18.2. The van der Waals surface area contributed by atoms with Crippen molar-refractivity contribution in [3.63, 3.8) is 0 Å². The number of carbonyl (C=O) groups excluding carboxylic acids is 1. The summed E-state index contributed by atoms with van der Waals surface area (Å²) >= 11 is 0. The number of furan rings is 1. The first-order valence-corrected chi connectivity index (χ1v) is 8.55. The van der Waals surface area contributed by atoms with Gasteiger partial charge in [-0.05, 0) is 39.3 Å². The van der Waals surface area contributed by atoms with Crippen molar-refractivity contribution in [1.29, 1.82) is 0 Å². The zero-order valence-corrected chi connectivity index (χ0v) is 15.4. The van der Waals surface area contributed by atoms with Gasteiger partial charge in [-0.2, -0.15) is 4.98 Å². The van der Waals surface area contributed by atoms with E-state index >= 15 is 0 Å². The van der Waals surface area contributed by atoms with Gasteiger partial charge in [-0.15, -0.1) is 0 Å². The number of ether oxygens (including phenoxy) is 1. The number of rotatable bonds is 5. The van der Waals surface area contributed by atoms with Gasteiger partial charge in [-0.1, -0.05) is 12.1 Å². The molecule has 1 aliphatic rings. The summed E-state index contributed by atoms with van der Waals surface area (Å²) in [5, 5.41) is 4.08. The fraction of sp³-hybridized carbons (Fsp3) is 0.611. The third-order valence-corrected chi connectivity index (χ3v) is 4.17. The van der Waals surface area contributed by atoms with Crippen LogP contribution in [-0.2, 0) is 4.74 Å². The van der Waals surface area contributed by atoms with Crippen LogP contribution in [0.3, 0.4) is 0 Å². The summed E-state index contributed by atoms with van der Waals surface area (Å²) in [6.45, 7) is 7.96. The fourth-order valence-corrected chi connectivity index (χ4v) is 2.79. The van der Waals surface area contributed by atoms with Gasteiger partial charge in [0.15, 0.2) is 5.82 Å². The van der Waals surface area contributed by atoms with Crippen LogP contribution in [0.1, 0.15) is 69.3 Å². The molecule has 0 aliphatic heterocycles. The molecule has 1 saturated carbocycles. The molecule has 0 aromatic carbocycles. The highest BCUT2D eigenvalue weighted by Crippen LogP contribution is 2.54. The fourth-order valence-electron chi connectivity index (χ4n) is 2.79. The minimum absolute atomic E-state index is 0.0455. The van der Waals surface area contributed by atoms with Gasteiger partial charge < -0.3 is 18.6 Å². The maximum atomic E-state index is 12.1. The third-order valence-electron chi connectivity index (χ3n) is 4.17. The molecule has 1 amide bonds.